The Morgan fingerprint density at radius 1 is 1.38 bits per heavy atom. The fourth-order valence-corrected chi connectivity index (χ4v) is 3.47. The van der Waals surface area contributed by atoms with E-state index >= 15 is 0 Å². The summed E-state index contributed by atoms with van der Waals surface area (Å²) < 4.78 is 1.94. The largest absolute Gasteiger partial charge is 0.350 e. The summed E-state index contributed by atoms with van der Waals surface area (Å²) >= 11 is 6.18. The van der Waals surface area contributed by atoms with Crippen LogP contribution >= 0.6 is 11.6 Å². The summed E-state index contributed by atoms with van der Waals surface area (Å²) in [6.45, 7) is 9.83. The number of hydrogen-bond acceptors (Lipinski definition) is 3. The Kier molecular flexibility index (Phi) is 3.60. The molecule has 1 fully saturated rings. The van der Waals surface area contributed by atoms with Crippen LogP contribution in [0.3, 0.4) is 0 Å². The predicted octanol–water partition coefficient (Wildman–Crippen LogP) is 3.48. The molecular formula is C16H23ClN4. The molecule has 2 aromatic rings. The average Bonchev–Trinajstić information content (AvgIpc) is 3.00. The third-order valence-electron chi connectivity index (χ3n) is 4.45. The number of alkyl halides is 1. The number of anilines is 1. The zero-order chi connectivity index (χ0) is 15.2. The normalized spacial score (nSPS) is 23.2. The van der Waals surface area contributed by atoms with Gasteiger partial charge in [0.15, 0.2) is 5.82 Å². The summed E-state index contributed by atoms with van der Waals surface area (Å²) in [4.78, 5) is 6.97. The Labute approximate surface area is 131 Å². The maximum absolute atomic E-state index is 6.18. The maximum atomic E-state index is 6.18. The van der Waals surface area contributed by atoms with E-state index in [1.54, 1.807) is 0 Å². The SMILES string of the molecule is CC1CCN(c2nccn3nc(C(C)(C)C)cc23)C1CCl. The van der Waals surface area contributed by atoms with Crippen molar-refractivity contribution in [3.63, 3.8) is 0 Å². The van der Waals surface area contributed by atoms with E-state index in [1.165, 1.54) is 6.42 Å². The van der Waals surface area contributed by atoms with E-state index in [0.717, 1.165) is 23.6 Å². The number of rotatable bonds is 2. The van der Waals surface area contributed by atoms with Crippen molar-refractivity contribution in [1.82, 2.24) is 14.6 Å². The maximum Gasteiger partial charge on any atom is 0.154 e. The highest BCUT2D eigenvalue weighted by Crippen LogP contribution is 2.33. The minimum Gasteiger partial charge on any atom is -0.350 e. The molecule has 0 N–H and O–H groups in total. The lowest BCUT2D eigenvalue weighted by Gasteiger charge is -2.26. The molecular weight excluding hydrogens is 284 g/mol. The van der Waals surface area contributed by atoms with Crippen molar-refractivity contribution in [2.75, 3.05) is 17.3 Å². The van der Waals surface area contributed by atoms with Gasteiger partial charge < -0.3 is 4.90 Å². The first-order chi connectivity index (χ1) is 9.91. The van der Waals surface area contributed by atoms with Crippen molar-refractivity contribution in [2.24, 2.45) is 5.92 Å². The molecule has 5 heteroatoms. The van der Waals surface area contributed by atoms with Crippen LogP contribution in [0, 0.1) is 5.92 Å². The van der Waals surface area contributed by atoms with E-state index in [2.05, 4.69) is 43.6 Å². The van der Waals surface area contributed by atoms with Crippen LogP contribution in [-0.4, -0.2) is 33.1 Å². The fourth-order valence-electron chi connectivity index (χ4n) is 3.00. The van der Waals surface area contributed by atoms with Crippen LogP contribution in [0.2, 0.25) is 0 Å². The molecule has 21 heavy (non-hydrogen) atoms. The van der Waals surface area contributed by atoms with Gasteiger partial charge in [0.25, 0.3) is 0 Å². The molecule has 2 atom stereocenters. The van der Waals surface area contributed by atoms with Gasteiger partial charge in [-0.1, -0.05) is 27.7 Å². The Balaban J connectivity index is 2.09. The van der Waals surface area contributed by atoms with Crippen LogP contribution in [0.1, 0.15) is 39.8 Å². The minimum atomic E-state index is 0.0352. The Hall–Kier alpha value is -1.29. The lowest BCUT2D eigenvalue weighted by atomic mass is 9.92. The zero-order valence-electron chi connectivity index (χ0n) is 13.2. The van der Waals surface area contributed by atoms with Crippen LogP contribution in [0.15, 0.2) is 18.5 Å². The summed E-state index contributed by atoms with van der Waals surface area (Å²) in [5.74, 6) is 2.26. The predicted molar refractivity (Wildman–Crippen MR) is 87.3 cm³/mol. The highest BCUT2D eigenvalue weighted by atomic mass is 35.5. The van der Waals surface area contributed by atoms with E-state index in [0.29, 0.717) is 17.8 Å². The van der Waals surface area contributed by atoms with Gasteiger partial charge >= 0.3 is 0 Å². The van der Waals surface area contributed by atoms with E-state index in [1.807, 2.05) is 16.9 Å². The molecule has 0 spiro atoms. The van der Waals surface area contributed by atoms with Crippen molar-refractivity contribution in [3.05, 3.63) is 24.2 Å². The first-order valence-electron chi connectivity index (χ1n) is 7.59. The Morgan fingerprint density at radius 3 is 2.81 bits per heavy atom. The quantitative estimate of drug-likeness (QED) is 0.797. The summed E-state index contributed by atoms with van der Waals surface area (Å²) in [5, 5.41) is 4.70. The molecule has 0 amide bonds. The van der Waals surface area contributed by atoms with Crippen LogP contribution in [0.4, 0.5) is 5.82 Å². The molecule has 1 aliphatic rings. The smallest absolute Gasteiger partial charge is 0.154 e. The average molecular weight is 307 g/mol. The highest BCUT2D eigenvalue weighted by Gasteiger charge is 2.32. The van der Waals surface area contributed by atoms with Crippen LogP contribution in [-0.2, 0) is 5.41 Å². The number of aromatic nitrogens is 3. The minimum absolute atomic E-state index is 0.0352. The van der Waals surface area contributed by atoms with Gasteiger partial charge in [-0.05, 0) is 18.4 Å². The number of halogens is 1. The van der Waals surface area contributed by atoms with Crippen LogP contribution < -0.4 is 4.90 Å². The summed E-state index contributed by atoms with van der Waals surface area (Å²) in [5.41, 5.74) is 2.20. The molecule has 3 rings (SSSR count). The third kappa shape index (κ3) is 2.50. The van der Waals surface area contributed by atoms with Gasteiger partial charge in [-0.3, -0.25) is 0 Å². The summed E-state index contributed by atoms with van der Waals surface area (Å²) in [6.07, 6.45) is 4.92. The summed E-state index contributed by atoms with van der Waals surface area (Å²) in [6, 6.07) is 2.52. The molecule has 0 bridgehead atoms. The fraction of sp³-hybridized carbons (Fsp3) is 0.625. The molecule has 0 radical (unpaired) electrons. The van der Waals surface area contributed by atoms with E-state index in [-0.39, 0.29) is 5.41 Å². The Morgan fingerprint density at radius 2 is 2.14 bits per heavy atom. The van der Waals surface area contributed by atoms with Crippen molar-refractivity contribution >= 4 is 22.9 Å². The van der Waals surface area contributed by atoms with Gasteiger partial charge in [0.05, 0.1) is 5.69 Å². The molecule has 114 valence electrons. The van der Waals surface area contributed by atoms with Crippen LogP contribution in [0.25, 0.3) is 5.52 Å². The monoisotopic (exact) mass is 306 g/mol. The van der Waals surface area contributed by atoms with Gasteiger partial charge in [0, 0.05) is 36.3 Å². The lowest BCUT2D eigenvalue weighted by Crippen LogP contribution is -2.34. The van der Waals surface area contributed by atoms with Crippen molar-refractivity contribution in [3.8, 4) is 0 Å². The number of nitrogens with zero attached hydrogens (tertiary/aromatic N) is 4. The van der Waals surface area contributed by atoms with Crippen molar-refractivity contribution < 1.29 is 0 Å². The van der Waals surface area contributed by atoms with Gasteiger partial charge in [-0.15, -0.1) is 11.6 Å². The first kappa shape index (κ1) is 14.6. The molecule has 1 aliphatic heterocycles. The second-order valence-electron chi connectivity index (χ2n) is 7.04. The van der Waals surface area contributed by atoms with Gasteiger partial charge in [0.2, 0.25) is 0 Å². The molecule has 3 heterocycles. The van der Waals surface area contributed by atoms with E-state index in [9.17, 15) is 0 Å². The third-order valence-corrected chi connectivity index (χ3v) is 4.77. The van der Waals surface area contributed by atoms with Gasteiger partial charge in [0.1, 0.15) is 5.52 Å². The summed E-state index contributed by atoms with van der Waals surface area (Å²) in [7, 11) is 0. The van der Waals surface area contributed by atoms with Gasteiger partial charge in [-0.25, -0.2) is 9.50 Å². The van der Waals surface area contributed by atoms with Gasteiger partial charge in [-0.2, -0.15) is 5.10 Å². The topological polar surface area (TPSA) is 33.4 Å². The zero-order valence-corrected chi connectivity index (χ0v) is 13.9. The highest BCUT2D eigenvalue weighted by molar-refractivity contribution is 6.18. The molecule has 2 unspecified atom stereocenters. The molecule has 1 saturated heterocycles. The molecule has 4 nitrogen and oxygen atoms in total. The number of fused-ring (bicyclic) bond motifs is 1. The molecule has 0 aliphatic carbocycles. The number of hydrogen-bond donors (Lipinski definition) is 0. The standard InChI is InChI=1S/C16H23ClN4/c1-11-5-7-20(13(11)10-17)15-12-9-14(16(2,3)4)19-21(12)8-6-18-15/h6,8-9,11,13H,5,7,10H2,1-4H3. The first-order valence-corrected chi connectivity index (χ1v) is 8.12. The second kappa shape index (κ2) is 5.16. The van der Waals surface area contributed by atoms with E-state index in [4.69, 9.17) is 16.7 Å². The van der Waals surface area contributed by atoms with Crippen LogP contribution in [0.5, 0.6) is 0 Å². The van der Waals surface area contributed by atoms with Crippen molar-refractivity contribution in [2.45, 2.75) is 45.6 Å². The van der Waals surface area contributed by atoms with E-state index < -0.39 is 0 Å². The lowest BCUT2D eigenvalue weighted by molar-refractivity contribution is 0.548. The van der Waals surface area contributed by atoms with Crippen molar-refractivity contribution in [1.29, 1.82) is 0 Å². The molecule has 2 aromatic heterocycles. The Bertz CT molecular complexity index is 643. The molecule has 0 saturated carbocycles. The molecule has 0 aromatic carbocycles. The second-order valence-corrected chi connectivity index (χ2v) is 7.35.